The van der Waals surface area contributed by atoms with Crippen molar-refractivity contribution in [3.8, 4) is 0 Å². The number of hydrogen-bond acceptors (Lipinski definition) is 2. The molecule has 1 atom stereocenters. The van der Waals surface area contributed by atoms with E-state index in [0.717, 1.165) is 17.3 Å². The maximum atomic E-state index is 5.85. The van der Waals surface area contributed by atoms with Gasteiger partial charge in [0.25, 0.3) is 0 Å². The summed E-state index contributed by atoms with van der Waals surface area (Å²) in [5, 5.41) is 0. The highest BCUT2D eigenvalue weighted by atomic mass is 35.5. The van der Waals surface area contributed by atoms with Crippen molar-refractivity contribution in [3.63, 3.8) is 0 Å². The molecule has 3 heteroatoms. The fourth-order valence-electron chi connectivity index (χ4n) is 1.46. The lowest BCUT2D eigenvalue weighted by molar-refractivity contribution is 0.491. The normalized spacial score (nSPS) is 13.2. The third kappa shape index (κ3) is 3.67. The van der Waals surface area contributed by atoms with Gasteiger partial charge < -0.3 is 5.73 Å². The minimum absolute atomic E-state index is 0.625. The maximum absolute atomic E-state index is 5.85. The average Bonchev–Trinajstić information content (AvgIpc) is 2.50. The van der Waals surface area contributed by atoms with Crippen molar-refractivity contribution >= 4 is 22.9 Å². The Bertz CT molecular complexity index is 247. The van der Waals surface area contributed by atoms with E-state index < -0.39 is 0 Å². The molecular formula is C10H16ClNS. The Morgan fingerprint density at radius 1 is 1.54 bits per heavy atom. The molecule has 0 radical (unpaired) electrons. The minimum atomic E-state index is 0.625. The van der Waals surface area contributed by atoms with Crippen LogP contribution in [0.1, 0.15) is 24.6 Å². The number of rotatable bonds is 5. The van der Waals surface area contributed by atoms with E-state index in [9.17, 15) is 0 Å². The van der Waals surface area contributed by atoms with Gasteiger partial charge in [-0.3, -0.25) is 0 Å². The monoisotopic (exact) mass is 217 g/mol. The molecule has 0 aliphatic rings. The van der Waals surface area contributed by atoms with Gasteiger partial charge in [-0.25, -0.2) is 0 Å². The SMILES string of the molecule is CCCC(CN)Cc1ccc(Cl)s1. The molecule has 0 saturated heterocycles. The van der Waals surface area contributed by atoms with Crippen molar-refractivity contribution in [2.24, 2.45) is 11.7 Å². The van der Waals surface area contributed by atoms with E-state index in [0.29, 0.717) is 5.92 Å². The Hall–Kier alpha value is -0.0500. The summed E-state index contributed by atoms with van der Waals surface area (Å²) in [4.78, 5) is 1.36. The van der Waals surface area contributed by atoms with Crippen LogP contribution in [-0.4, -0.2) is 6.54 Å². The van der Waals surface area contributed by atoms with Crippen molar-refractivity contribution in [3.05, 3.63) is 21.3 Å². The van der Waals surface area contributed by atoms with Crippen molar-refractivity contribution in [2.45, 2.75) is 26.2 Å². The smallest absolute Gasteiger partial charge is 0.0931 e. The molecule has 1 aromatic rings. The molecule has 0 bridgehead atoms. The van der Waals surface area contributed by atoms with E-state index >= 15 is 0 Å². The van der Waals surface area contributed by atoms with Gasteiger partial charge in [-0.2, -0.15) is 0 Å². The van der Waals surface area contributed by atoms with Gasteiger partial charge >= 0.3 is 0 Å². The van der Waals surface area contributed by atoms with Gasteiger partial charge in [0.15, 0.2) is 0 Å². The quantitative estimate of drug-likeness (QED) is 0.805. The number of nitrogens with two attached hydrogens (primary N) is 1. The first-order chi connectivity index (χ1) is 6.26. The third-order valence-electron chi connectivity index (χ3n) is 2.15. The summed E-state index contributed by atoms with van der Waals surface area (Å²) in [5.41, 5.74) is 5.69. The van der Waals surface area contributed by atoms with Gasteiger partial charge in [0.05, 0.1) is 4.34 Å². The lowest BCUT2D eigenvalue weighted by Gasteiger charge is -2.11. The van der Waals surface area contributed by atoms with Crippen LogP contribution in [-0.2, 0) is 6.42 Å². The van der Waals surface area contributed by atoms with Crippen molar-refractivity contribution in [1.82, 2.24) is 0 Å². The predicted octanol–water partition coefficient (Wildman–Crippen LogP) is 3.32. The van der Waals surface area contributed by atoms with Crippen LogP contribution in [0.15, 0.2) is 12.1 Å². The van der Waals surface area contributed by atoms with E-state index in [-0.39, 0.29) is 0 Å². The van der Waals surface area contributed by atoms with Gasteiger partial charge in [0, 0.05) is 4.88 Å². The first kappa shape index (κ1) is 11.0. The van der Waals surface area contributed by atoms with Crippen LogP contribution >= 0.6 is 22.9 Å². The standard InChI is InChI=1S/C10H16ClNS/c1-2-3-8(7-12)6-9-4-5-10(11)13-9/h4-5,8H,2-3,6-7,12H2,1H3. The zero-order valence-electron chi connectivity index (χ0n) is 7.92. The van der Waals surface area contributed by atoms with Gasteiger partial charge in [-0.15, -0.1) is 11.3 Å². The number of halogens is 1. The summed E-state index contributed by atoms with van der Waals surface area (Å²) in [7, 11) is 0. The summed E-state index contributed by atoms with van der Waals surface area (Å²) in [6, 6.07) is 4.06. The van der Waals surface area contributed by atoms with Crippen LogP contribution in [0.4, 0.5) is 0 Å². The van der Waals surface area contributed by atoms with Crippen LogP contribution < -0.4 is 5.73 Å². The van der Waals surface area contributed by atoms with E-state index in [4.69, 9.17) is 17.3 Å². The van der Waals surface area contributed by atoms with E-state index in [1.807, 2.05) is 6.07 Å². The average molecular weight is 218 g/mol. The zero-order valence-corrected chi connectivity index (χ0v) is 9.50. The summed E-state index contributed by atoms with van der Waals surface area (Å²) in [6.45, 7) is 2.98. The molecule has 1 aromatic heterocycles. The summed E-state index contributed by atoms with van der Waals surface area (Å²) < 4.78 is 0.877. The molecule has 0 spiro atoms. The molecule has 0 fully saturated rings. The minimum Gasteiger partial charge on any atom is -0.330 e. The summed E-state index contributed by atoms with van der Waals surface area (Å²) in [6.07, 6.45) is 3.51. The van der Waals surface area contributed by atoms with Crippen molar-refractivity contribution in [2.75, 3.05) is 6.54 Å². The van der Waals surface area contributed by atoms with Gasteiger partial charge in [0.2, 0.25) is 0 Å². The van der Waals surface area contributed by atoms with Crippen LogP contribution in [0.25, 0.3) is 0 Å². The molecule has 1 heterocycles. The molecule has 13 heavy (non-hydrogen) atoms. The van der Waals surface area contributed by atoms with Crippen LogP contribution in [0.3, 0.4) is 0 Å². The molecule has 0 aliphatic heterocycles. The molecule has 74 valence electrons. The van der Waals surface area contributed by atoms with E-state index in [1.54, 1.807) is 11.3 Å². The Kier molecular flexibility index (Phi) is 4.78. The molecule has 1 nitrogen and oxygen atoms in total. The first-order valence-corrected chi connectivity index (χ1v) is 5.90. The van der Waals surface area contributed by atoms with Crippen LogP contribution in [0.5, 0.6) is 0 Å². The Balaban J connectivity index is 2.46. The second-order valence-corrected chi connectivity index (χ2v) is 5.10. The highest BCUT2D eigenvalue weighted by molar-refractivity contribution is 7.16. The second-order valence-electron chi connectivity index (χ2n) is 3.30. The third-order valence-corrected chi connectivity index (χ3v) is 3.40. The lowest BCUT2D eigenvalue weighted by Crippen LogP contribution is -2.16. The molecule has 0 aromatic carbocycles. The Morgan fingerprint density at radius 2 is 2.31 bits per heavy atom. The topological polar surface area (TPSA) is 26.0 Å². The largest absolute Gasteiger partial charge is 0.330 e. The number of hydrogen-bond donors (Lipinski definition) is 1. The van der Waals surface area contributed by atoms with E-state index in [2.05, 4.69) is 13.0 Å². The van der Waals surface area contributed by atoms with Crippen molar-refractivity contribution < 1.29 is 0 Å². The Morgan fingerprint density at radius 3 is 2.77 bits per heavy atom. The number of thiophene rings is 1. The van der Waals surface area contributed by atoms with Crippen LogP contribution in [0, 0.1) is 5.92 Å². The predicted molar refractivity (Wildman–Crippen MR) is 60.5 cm³/mol. The second kappa shape index (κ2) is 5.63. The Labute approximate surface area is 88.9 Å². The van der Waals surface area contributed by atoms with Gasteiger partial charge in [0.1, 0.15) is 0 Å². The molecular weight excluding hydrogens is 202 g/mol. The molecule has 0 saturated carbocycles. The molecule has 0 aliphatic carbocycles. The maximum Gasteiger partial charge on any atom is 0.0931 e. The molecule has 1 unspecified atom stereocenters. The molecule has 1 rings (SSSR count). The first-order valence-electron chi connectivity index (χ1n) is 4.70. The van der Waals surface area contributed by atoms with E-state index in [1.165, 1.54) is 17.7 Å². The highest BCUT2D eigenvalue weighted by Crippen LogP contribution is 2.24. The summed E-state index contributed by atoms with van der Waals surface area (Å²) in [5.74, 6) is 0.625. The summed E-state index contributed by atoms with van der Waals surface area (Å²) >= 11 is 7.52. The molecule has 2 N–H and O–H groups in total. The van der Waals surface area contributed by atoms with Crippen molar-refractivity contribution in [1.29, 1.82) is 0 Å². The fraction of sp³-hybridized carbons (Fsp3) is 0.600. The zero-order chi connectivity index (χ0) is 9.68. The van der Waals surface area contributed by atoms with Crippen LogP contribution in [0.2, 0.25) is 4.34 Å². The fourth-order valence-corrected chi connectivity index (χ4v) is 2.66. The lowest BCUT2D eigenvalue weighted by atomic mass is 9.99. The molecule has 0 amide bonds. The highest BCUT2D eigenvalue weighted by Gasteiger charge is 2.08. The van der Waals surface area contributed by atoms with Gasteiger partial charge in [-0.1, -0.05) is 24.9 Å². The van der Waals surface area contributed by atoms with Gasteiger partial charge in [-0.05, 0) is 37.4 Å².